The van der Waals surface area contributed by atoms with E-state index in [1.54, 1.807) is 13.2 Å². The van der Waals surface area contributed by atoms with Crippen LogP contribution in [-0.4, -0.2) is 135 Å². The second-order valence-electron chi connectivity index (χ2n) is 10.9. The SMILES string of the molecule is COCCN(C)CC(=O)N1CCCCOC[C@@H](O)[C@@H](O)[C@H](OC)CN(C(=O)c2ccccc2F)C[C@H]1CC(C)C. The molecule has 1 aliphatic heterocycles. The van der Waals surface area contributed by atoms with E-state index < -0.39 is 30.0 Å². The lowest BCUT2D eigenvalue weighted by molar-refractivity contribution is -0.136. The van der Waals surface area contributed by atoms with E-state index in [0.717, 1.165) is 0 Å². The van der Waals surface area contributed by atoms with Crippen LogP contribution in [-0.2, 0) is 19.0 Å². The zero-order valence-corrected chi connectivity index (χ0v) is 24.6. The predicted octanol–water partition coefficient (Wildman–Crippen LogP) is 1.64. The summed E-state index contributed by atoms with van der Waals surface area (Å²) in [5.74, 6) is -1.12. The Morgan fingerprint density at radius 3 is 2.55 bits per heavy atom. The summed E-state index contributed by atoms with van der Waals surface area (Å²) in [6.45, 7) is 6.07. The number of aliphatic hydroxyl groups excluding tert-OH is 2. The quantitative estimate of drug-likeness (QED) is 0.462. The highest BCUT2D eigenvalue weighted by Gasteiger charge is 2.34. The summed E-state index contributed by atoms with van der Waals surface area (Å²) in [6, 6.07) is 5.35. The zero-order chi connectivity index (χ0) is 29.7. The summed E-state index contributed by atoms with van der Waals surface area (Å²) >= 11 is 0. The van der Waals surface area contributed by atoms with Crippen LogP contribution < -0.4 is 0 Å². The maximum Gasteiger partial charge on any atom is 0.256 e. The molecule has 0 unspecified atom stereocenters. The van der Waals surface area contributed by atoms with E-state index in [4.69, 9.17) is 14.2 Å². The number of methoxy groups -OCH3 is 2. The Morgan fingerprint density at radius 1 is 1.18 bits per heavy atom. The van der Waals surface area contributed by atoms with Crippen molar-refractivity contribution in [3.8, 4) is 0 Å². The van der Waals surface area contributed by atoms with Gasteiger partial charge < -0.3 is 34.2 Å². The van der Waals surface area contributed by atoms with Crippen molar-refractivity contribution in [2.45, 2.75) is 57.5 Å². The summed E-state index contributed by atoms with van der Waals surface area (Å²) in [4.78, 5) is 32.6. The largest absolute Gasteiger partial charge is 0.388 e. The molecule has 10 nitrogen and oxygen atoms in total. The van der Waals surface area contributed by atoms with Gasteiger partial charge in [0.1, 0.15) is 24.1 Å². The molecule has 0 spiro atoms. The molecule has 1 fully saturated rings. The Bertz CT molecular complexity index is 906. The predicted molar refractivity (Wildman–Crippen MR) is 149 cm³/mol. The molecule has 40 heavy (non-hydrogen) atoms. The van der Waals surface area contributed by atoms with Gasteiger partial charge in [-0.1, -0.05) is 26.0 Å². The van der Waals surface area contributed by atoms with E-state index in [9.17, 15) is 24.2 Å². The summed E-state index contributed by atoms with van der Waals surface area (Å²) in [6.07, 6.45) is -1.64. The van der Waals surface area contributed by atoms with Gasteiger partial charge in [0.15, 0.2) is 0 Å². The molecule has 0 aliphatic carbocycles. The number of carbonyl (C=O) groups excluding carboxylic acids is 2. The Balaban J connectivity index is 2.49. The van der Waals surface area contributed by atoms with Gasteiger partial charge in [-0.2, -0.15) is 0 Å². The lowest BCUT2D eigenvalue weighted by atomic mass is 9.99. The average molecular weight is 570 g/mol. The summed E-state index contributed by atoms with van der Waals surface area (Å²) < 4.78 is 31.0. The average Bonchev–Trinajstić information content (AvgIpc) is 2.91. The normalized spacial score (nSPS) is 23.9. The molecule has 1 aliphatic rings. The Morgan fingerprint density at radius 2 is 1.90 bits per heavy atom. The van der Waals surface area contributed by atoms with E-state index in [0.29, 0.717) is 45.6 Å². The standard InChI is InChI=1S/C29H48FN3O7/c1-21(2)16-22-17-32(29(37)23-10-6-7-11-24(23)30)18-26(39-5)28(36)25(34)20-40-14-9-8-12-33(22)27(35)19-31(3)13-15-38-4/h6-7,10-11,21-22,25-26,28,34,36H,8-9,12-20H2,1-5H3/t22-,25-,26-,28-/m1/s1. The minimum absolute atomic E-state index is 0.0747. The smallest absolute Gasteiger partial charge is 0.256 e. The molecule has 1 heterocycles. The van der Waals surface area contributed by atoms with Crippen LogP contribution >= 0.6 is 0 Å². The molecule has 0 saturated carbocycles. The molecule has 0 aromatic heterocycles. The molecule has 228 valence electrons. The van der Waals surface area contributed by atoms with E-state index >= 15 is 0 Å². The number of aliphatic hydroxyl groups is 2. The molecule has 0 radical (unpaired) electrons. The number of carbonyl (C=O) groups is 2. The molecule has 1 aromatic rings. The number of rotatable bonds is 9. The van der Waals surface area contributed by atoms with Crippen molar-refractivity contribution in [3.05, 3.63) is 35.6 Å². The molecular weight excluding hydrogens is 521 g/mol. The van der Waals surface area contributed by atoms with Crippen molar-refractivity contribution in [1.29, 1.82) is 0 Å². The Labute approximate surface area is 238 Å². The first-order valence-corrected chi connectivity index (χ1v) is 14.1. The number of ether oxygens (including phenoxy) is 3. The molecule has 1 aromatic carbocycles. The second-order valence-corrected chi connectivity index (χ2v) is 10.9. The molecule has 0 bridgehead atoms. The minimum atomic E-state index is -1.35. The van der Waals surface area contributed by atoms with Crippen LogP contribution in [0.2, 0.25) is 0 Å². The van der Waals surface area contributed by atoms with Crippen molar-refractivity contribution in [2.75, 3.05) is 73.8 Å². The topological polar surface area (TPSA) is 112 Å². The van der Waals surface area contributed by atoms with Crippen LogP contribution in [0, 0.1) is 11.7 Å². The van der Waals surface area contributed by atoms with Crippen LogP contribution in [0.4, 0.5) is 4.39 Å². The third-order valence-electron chi connectivity index (χ3n) is 7.11. The highest BCUT2D eigenvalue weighted by atomic mass is 19.1. The van der Waals surface area contributed by atoms with Gasteiger partial charge in [-0.3, -0.25) is 14.5 Å². The number of likely N-dealkylation sites (N-methyl/N-ethyl adjacent to an activating group) is 1. The number of hydrogen-bond acceptors (Lipinski definition) is 8. The van der Waals surface area contributed by atoms with Crippen molar-refractivity contribution in [2.24, 2.45) is 5.92 Å². The number of amides is 2. The monoisotopic (exact) mass is 569 g/mol. The number of halogens is 1. The molecular formula is C29H48FN3O7. The highest BCUT2D eigenvalue weighted by Crippen LogP contribution is 2.20. The highest BCUT2D eigenvalue weighted by molar-refractivity contribution is 5.94. The fourth-order valence-electron chi connectivity index (χ4n) is 4.88. The molecule has 2 N–H and O–H groups in total. The second kappa shape index (κ2) is 17.6. The lowest BCUT2D eigenvalue weighted by Gasteiger charge is -2.39. The van der Waals surface area contributed by atoms with Crippen molar-refractivity contribution >= 4 is 11.8 Å². The van der Waals surface area contributed by atoms with E-state index in [1.165, 1.54) is 30.2 Å². The van der Waals surface area contributed by atoms with Crippen molar-refractivity contribution in [3.63, 3.8) is 0 Å². The summed E-state index contributed by atoms with van der Waals surface area (Å²) in [7, 11) is 4.85. The van der Waals surface area contributed by atoms with Crippen molar-refractivity contribution < 1.29 is 38.4 Å². The van der Waals surface area contributed by atoms with Gasteiger partial charge in [0.05, 0.1) is 25.3 Å². The maximum atomic E-state index is 14.7. The number of benzene rings is 1. The van der Waals surface area contributed by atoms with Crippen LogP contribution in [0.3, 0.4) is 0 Å². The molecule has 2 rings (SSSR count). The Kier molecular flexibility index (Phi) is 15.0. The third kappa shape index (κ3) is 10.7. The van der Waals surface area contributed by atoms with Crippen LogP contribution in [0.15, 0.2) is 24.3 Å². The number of hydrogen-bond donors (Lipinski definition) is 2. The van der Waals surface area contributed by atoms with Gasteiger partial charge >= 0.3 is 0 Å². The molecule has 1 saturated heterocycles. The first kappa shape index (κ1) is 34.1. The van der Waals surface area contributed by atoms with Gasteiger partial charge in [0.2, 0.25) is 5.91 Å². The Hall–Kier alpha value is -2.15. The first-order valence-electron chi connectivity index (χ1n) is 14.1. The molecule has 4 atom stereocenters. The third-order valence-corrected chi connectivity index (χ3v) is 7.11. The molecule has 2 amide bonds. The fraction of sp³-hybridized carbons (Fsp3) is 0.724. The number of nitrogens with zero attached hydrogens (tertiary/aromatic N) is 3. The van der Waals surface area contributed by atoms with Gasteiger partial charge in [0.25, 0.3) is 5.91 Å². The van der Waals surface area contributed by atoms with E-state index in [2.05, 4.69) is 0 Å². The van der Waals surface area contributed by atoms with Gasteiger partial charge in [-0.15, -0.1) is 0 Å². The minimum Gasteiger partial charge on any atom is -0.388 e. The fourth-order valence-corrected chi connectivity index (χ4v) is 4.88. The first-order chi connectivity index (χ1) is 19.1. The summed E-state index contributed by atoms with van der Waals surface area (Å²) in [5, 5.41) is 21.4. The summed E-state index contributed by atoms with van der Waals surface area (Å²) in [5.41, 5.74) is -0.114. The van der Waals surface area contributed by atoms with Crippen LogP contribution in [0.25, 0.3) is 0 Å². The van der Waals surface area contributed by atoms with Crippen LogP contribution in [0.1, 0.15) is 43.5 Å². The van der Waals surface area contributed by atoms with E-state index in [1.807, 2.05) is 30.7 Å². The van der Waals surface area contributed by atoms with Gasteiger partial charge in [-0.05, 0) is 44.4 Å². The zero-order valence-electron chi connectivity index (χ0n) is 24.6. The van der Waals surface area contributed by atoms with Gasteiger partial charge in [-0.25, -0.2) is 4.39 Å². The maximum absolute atomic E-state index is 14.7. The van der Waals surface area contributed by atoms with Crippen LogP contribution in [0.5, 0.6) is 0 Å². The van der Waals surface area contributed by atoms with Gasteiger partial charge in [0, 0.05) is 53.0 Å². The van der Waals surface area contributed by atoms with Crippen molar-refractivity contribution in [1.82, 2.24) is 14.7 Å². The molecule has 11 heteroatoms. The lowest BCUT2D eigenvalue weighted by Crippen LogP contribution is -2.55. The van der Waals surface area contributed by atoms with E-state index in [-0.39, 0.29) is 49.7 Å².